The van der Waals surface area contributed by atoms with E-state index in [-0.39, 0.29) is 0 Å². The number of aryl methyl sites for hydroxylation is 1. The second-order valence-corrected chi connectivity index (χ2v) is 7.36. The summed E-state index contributed by atoms with van der Waals surface area (Å²) in [5.41, 5.74) is 4.13. The molecule has 6 heteroatoms. The Morgan fingerprint density at radius 1 is 1.10 bits per heavy atom. The van der Waals surface area contributed by atoms with Crippen molar-refractivity contribution in [1.29, 1.82) is 0 Å². The molecule has 1 aliphatic heterocycles. The Hall–Kier alpha value is -3.41. The first-order chi connectivity index (χ1) is 14.1. The molecule has 0 aliphatic carbocycles. The third-order valence-corrected chi connectivity index (χ3v) is 5.08. The molecule has 6 nitrogen and oxygen atoms in total. The molecule has 0 saturated carbocycles. The number of hydrogen-bond acceptors (Lipinski definition) is 6. The monoisotopic (exact) mass is 386 g/mol. The van der Waals surface area contributed by atoms with Crippen molar-refractivity contribution in [2.24, 2.45) is 0 Å². The Kier molecular flexibility index (Phi) is 5.42. The van der Waals surface area contributed by atoms with Gasteiger partial charge in [-0.25, -0.2) is 9.97 Å². The fourth-order valence-electron chi connectivity index (χ4n) is 3.55. The summed E-state index contributed by atoms with van der Waals surface area (Å²) in [6, 6.07) is 12.1. The van der Waals surface area contributed by atoms with Gasteiger partial charge >= 0.3 is 0 Å². The molecule has 0 saturated heterocycles. The Bertz CT molecular complexity index is 1000. The van der Waals surface area contributed by atoms with Gasteiger partial charge in [-0.15, -0.1) is 0 Å². The Balaban J connectivity index is 1.74. The molecular formula is C23H26N6. The molecule has 0 bridgehead atoms. The van der Waals surface area contributed by atoms with E-state index in [4.69, 9.17) is 4.98 Å². The van der Waals surface area contributed by atoms with Crippen LogP contribution in [0.25, 0.3) is 11.3 Å². The van der Waals surface area contributed by atoms with Crippen LogP contribution >= 0.6 is 0 Å². The van der Waals surface area contributed by atoms with Crippen molar-refractivity contribution in [2.45, 2.75) is 19.8 Å². The zero-order valence-electron chi connectivity index (χ0n) is 17.0. The fourth-order valence-corrected chi connectivity index (χ4v) is 3.55. The van der Waals surface area contributed by atoms with Crippen LogP contribution in [-0.2, 0) is 0 Å². The molecule has 0 atom stereocenters. The summed E-state index contributed by atoms with van der Waals surface area (Å²) in [6.45, 7) is 8.19. The summed E-state index contributed by atoms with van der Waals surface area (Å²) in [5, 5.41) is 3.33. The van der Waals surface area contributed by atoms with Gasteiger partial charge in [0.15, 0.2) is 5.82 Å². The number of anilines is 3. The first-order valence-corrected chi connectivity index (χ1v) is 9.90. The first-order valence-electron chi connectivity index (χ1n) is 9.90. The van der Waals surface area contributed by atoms with Gasteiger partial charge in [0.05, 0.1) is 11.4 Å². The van der Waals surface area contributed by atoms with Crippen molar-refractivity contribution in [3.8, 4) is 11.3 Å². The Morgan fingerprint density at radius 2 is 1.97 bits per heavy atom. The highest BCUT2D eigenvalue weighted by atomic mass is 15.3. The van der Waals surface area contributed by atoms with Crippen molar-refractivity contribution in [3.05, 3.63) is 73.0 Å². The van der Waals surface area contributed by atoms with Crippen LogP contribution < -0.4 is 15.1 Å². The number of hydrogen-bond donors (Lipinski definition) is 1. The maximum atomic E-state index is 5.04. The maximum Gasteiger partial charge on any atom is 0.158 e. The number of nitrogens with zero attached hydrogens (tertiary/aromatic N) is 5. The molecule has 3 aromatic heterocycles. The van der Waals surface area contributed by atoms with Gasteiger partial charge in [-0.1, -0.05) is 12.6 Å². The smallest absolute Gasteiger partial charge is 0.158 e. The molecular weight excluding hydrogens is 360 g/mol. The van der Waals surface area contributed by atoms with E-state index in [1.54, 1.807) is 6.20 Å². The van der Waals surface area contributed by atoms with Crippen molar-refractivity contribution in [2.75, 3.05) is 35.3 Å². The summed E-state index contributed by atoms with van der Waals surface area (Å²) < 4.78 is 0. The van der Waals surface area contributed by atoms with Crippen molar-refractivity contribution in [1.82, 2.24) is 15.0 Å². The van der Waals surface area contributed by atoms with E-state index in [0.717, 1.165) is 65.9 Å². The van der Waals surface area contributed by atoms with Gasteiger partial charge in [-0.05, 0) is 55.7 Å². The Morgan fingerprint density at radius 3 is 2.76 bits per heavy atom. The highest BCUT2D eigenvalue weighted by Crippen LogP contribution is 2.34. The summed E-state index contributed by atoms with van der Waals surface area (Å²) in [6.07, 6.45) is 7.67. The molecule has 0 amide bonds. The molecule has 29 heavy (non-hydrogen) atoms. The Labute approximate surface area is 171 Å². The second kappa shape index (κ2) is 8.31. The van der Waals surface area contributed by atoms with Crippen LogP contribution in [0.4, 0.5) is 17.3 Å². The zero-order valence-corrected chi connectivity index (χ0v) is 17.0. The van der Waals surface area contributed by atoms with Gasteiger partial charge in [0, 0.05) is 44.3 Å². The number of pyridine rings is 3. The fraction of sp³-hybridized carbons (Fsp3) is 0.261. The second-order valence-electron chi connectivity index (χ2n) is 7.36. The van der Waals surface area contributed by atoms with E-state index < -0.39 is 0 Å². The van der Waals surface area contributed by atoms with Gasteiger partial charge in [0.25, 0.3) is 0 Å². The predicted molar refractivity (Wildman–Crippen MR) is 119 cm³/mol. The summed E-state index contributed by atoms with van der Waals surface area (Å²) >= 11 is 0. The normalized spacial score (nSPS) is 14.0. The molecule has 0 radical (unpaired) electrons. The maximum absolute atomic E-state index is 5.04. The molecule has 0 spiro atoms. The topological polar surface area (TPSA) is 57.2 Å². The van der Waals surface area contributed by atoms with Crippen LogP contribution in [0.5, 0.6) is 0 Å². The molecule has 4 rings (SSSR count). The standard InChI is InChI=1S/C23H26N6/c1-17-14-19(16-24-15-17)20-9-10-21-23(27-20)29(13-7-6-12-28(21)3)18(2)26-22-8-4-5-11-25-22/h4-5,8-11,14-16H,2,6-7,12-13H2,1,3H3,(H,25,26). The van der Waals surface area contributed by atoms with Crippen LogP contribution in [0.2, 0.25) is 0 Å². The molecule has 1 aliphatic rings. The lowest BCUT2D eigenvalue weighted by Gasteiger charge is -2.33. The van der Waals surface area contributed by atoms with Gasteiger partial charge in [-0.2, -0.15) is 0 Å². The highest BCUT2D eigenvalue weighted by Gasteiger charge is 2.22. The van der Waals surface area contributed by atoms with Gasteiger partial charge in [0.2, 0.25) is 0 Å². The van der Waals surface area contributed by atoms with Crippen molar-refractivity contribution >= 4 is 17.3 Å². The quantitative estimate of drug-likeness (QED) is 0.714. The molecule has 148 valence electrons. The lowest BCUT2D eigenvalue weighted by atomic mass is 10.1. The third kappa shape index (κ3) is 4.21. The number of rotatable bonds is 4. The SMILES string of the molecule is C=C(Nc1ccccn1)N1CCCCN(C)c2ccc(-c3cncc(C)c3)nc21. The minimum atomic E-state index is 0.771. The van der Waals surface area contributed by atoms with E-state index in [1.807, 2.05) is 37.5 Å². The molecule has 0 aromatic carbocycles. The molecule has 0 unspecified atom stereocenters. The van der Waals surface area contributed by atoms with Gasteiger partial charge in [-0.3, -0.25) is 4.98 Å². The number of fused-ring (bicyclic) bond motifs is 1. The van der Waals surface area contributed by atoms with Crippen molar-refractivity contribution in [3.63, 3.8) is 0 Å². The summed E-state index contributed by atoms with van der Waals surface area (Å²) in [7, 11) is 2.12. The lowest BCUT2D eigenvalue weighted by molar-refractivity contribution is 0.688. The minimum absolute atomic E-state index is 0.771. The first kappa shape index (κ1) is 18.9. The van der Waals surface area contributed by atoms with E-state index >= 15 is 0 Å². The molecule has 0 fully saturated rings. The average Bonchev–Trinajstić information content (AvgIpc) is 2.72. The van der Waals surface area contributed by atoms with Crippen LogP contribution in [0.15, 0.2) is 67.4 Å². The van der Waals surface area contributed by atoms with E-state index in [9.17, 15) is 0 Å². The van der Waals surface area contributed by atoms with Crippen molar-refractivity contribution < 1.29 is 0 Å². The largest absolute Gasteiger partial charge is 0.372 e. The predicted octanol–water partition coefficient (Wildman–Crippen LogP) is 4.47. The van der Waals surface area contributed by atoms with Gasteiger partial charge in [0.1, 0.15) is 11.6 Å². The average molecular weight is 387 g/mol. The van der Waals surface area contributed by atoms with Crippen LogP contribution in [0.3, 0.4) is 0 Å². The number of nitrogens with one attached hydrogen (secondary N) is 1. The van der Waals surface area contributed by atoms with E-state index in [1.165, 1.54) is 0 Å². The molecule has 3 aromatic rings. The lowest BCUT2D eigenvalue weighted by Crippen LogP contribution is -2.33. The summed E-state index contributed by atoms with van der Waals surface area (Å²) in [4.78, 5) is 18.2. The summed E-state index contributed by atoms with van der Waals surface area (Å²) in [5.74, 6) is 2.44. The third-order valence-electron chi connectivity index (χ3n) is 5.08. The van der Waals surface area contributed by atoms with Crippen LogP contribution in [-0.4, -0.2) is 35.1 Å². The van der Waals surface area contributed by atoms with E-state index in [0.29, 0.717) is 0 Å². The van der Waals surface area contributed by atoms with Crippen LogP contribution in [0.1, 0.15) is 18.4 Å². The molecule has 4 heterocycles. The van der Waals surface area contributed by atoms with E-state index in [2.05, 4.69) is 56.9 Å². The highest BCUT2D eigenvalue weighted by molar-refractivity contribution is 5.74. The molecule has 1 N–H and O–H groups in total. The van der Waals surface area contributed by atoms with Gasteiger partial charge < -0.3 is 15.1 Å². The number of aromatic nitrogens is 3. The zero-order chi connectivity index (χ0) is 20.2. The minimum Gasteiger partial charge on any atom is -0.372 e. The van der Waals surface area contributed by atoms with Crippen LogP contribution in [0, 0.1) is 6.92 Å².